The zero-order valence-corrected chi connectivity index (χ0v) is 16.2. The lowest BCUT2D eigenvalue weighted by Gasteiger charge is -2.10. The first-order valence-corrected chi connectivity index (χ1v) is 10.3. The van der Waals surface area contributed by atoms with Gasteiger partial charge in [-0.25, -0.2) is 35.4 Å². The van der Waals surface area contributed by atoms with Crippen LogP contribution in [0.5, 0.6) is 0 Å². The number of hydrogen-bond donors (Lipinski definition) is 2. The SMILES string of the molecule is O=C(Cc1c(F)c(F)c(F)c(F)c1F)Nc1ccc(S(=O)(=O)Nc2nccs2)cc1. The van der Waals surface area contributed by atoms with Crippen molar-refractivity contribution in [3.8, 4) is 0 Å². The molecule has 6 nitrogen and oxygen atoms in total. The van der Waals surface area contributed by atoms with Crippen LogP contribution in [0, 0.1) is 29.1 Å². The molecule has 1 aromatic heterocycles. The summed E-state index contributed by atoms with van der Waals surface area (Å²) in [5.41, 5.74) is -1.24. The van der Waals surface area contributed by atoms with Crippen molar-refractivity contribution >= 4 is 38.1 Å². The van der Waals surface area contributed by atoms with Gasteiger partial charge in [-0.1, -0.05) is 0 Å². The van der Waals surface area contributed by atoms with Gasteiger partial charge in [0.2, 0.25) is 11.7 Å². The zero-order valence-electron chi connectivity index (χ0n) is 14.5. The first-order valence-electron chi connectivity index (χ1n) is 7.92. The van der Waals surface area contributed by atoms with Crippen LogP contribution < -0.4 is 10.0 Å². The van der Waals surface area contributed by atoms with Gasteiger partial charge in [-0.3, -0.25) is 9.52 Å². The van der Waals surface area contributed by atoms with E-state index in [-0.39, 0.29) is 15.7 Å². The molecule has 0 aliphatic heterocycles. The first-order chi connectivity index (χ1) is 14.1. The predicted molar refractivity (Wildman–Crippen MR) is 97.9 cm³/mol. The lowest BCUT2D eigenvalue weighted by molar-refractivity contribution is -0.115. The Labute approximate surface area is 170 Å². The molecule has 0 saturated carbocycles. The average Bonchev–Trinajstić information content (AvgIpc) is 3.21. The molecule has 30 heavy (non-hydrogen) atoms. The summed E-state index contributed by atoms with van der Waals surface area (Å²) >= 11 is 1.07. The topological polar surface area (TPSA) is 88.2 Å². The van der Waals surface area contributed by atoms with E-state index >= 15 is 0 Å². The van der Waals surface area contributed by atoms with Gasteiger partial charge >= 0.3 is 0 Å². The Morgan fingerprint density at radius 2 is 1.50 bits per heavy atom. The fourth-order valence-corrected chi connectivity index (χ4v) is 4.13. The van der Waals surface area contributed by atoms with Gasteiger partial charge in [0.15, 0.2) is 28.4 Å². The summed E-state index contributed by atoms with van der Waals surface area (Å²) in [4.78, 5) is 15.6. The highest BCUT2D eigenvalue weighted by molar-refractivity contribution is 7.93. The van der Waals surface area contributed by atoms with E-state index in [0.29, 0.717) is 0 Å². The fourth-order valence-electron chi connectivity index (χ4n) is 2.34. The van der Waals surface area contributed by atoms with E-state index in [9.17, 15) is 35.2 Å². The molecule has 0 aliphatic rings. The third kappa shape index (κ3) is 4.41. The van der Waals surface area contributed by atoms with Crippen molar-refractivity contribution in [2.24, 2.45) is 0 Å². The van der Waals surface area contributed by atoms with Gasteiger partial charge in [0.25, 0.3) is 10.0 Å². The van der Waals surface area contributed by atoms with Gasteiger partial charge in [0.05, 0.1) is 11.3 Å². The number of halogens is 5. The Bertz CT molecular complexity index is 1170. The van der Waals surface area contributed by atoms with Crippen LogP contribution >= 0.6 is 11.3 Å². The molecule has 0 saturated heterocycles. The van der Waals surface area contributed by atoms with E-state index in [4.69, 9.17) is 0 Å². The molecular weight excluding hydrogens is 453 g/mol. The highest BCUT2D eigenvalue weighted by Gasteiger charge is 2.27. The van der Waals surface area contributed by atoms with Gasteiger partial charge in [-0.05, 0) is 24.3 Å². The van der Waals surface area contributed by atoms with Crippen LogP contribution in [0.3, 0.4) is 0 Å². The monoisotopic (exact) mass is 463 g/mol. The Hall–Kier alpha value is -3.06. The number of anilines is 2. The standard InChI is InChI=1S/C17H10F5N3O3S2/c18-12-10(13(19)15(21)16(22)14(12)20)7-11(26)24-8-1-3-9(4-2-8)30(27,28)25-17-23-5-6-29-17/h1-6H,7H2,(H,23,25)(H,24,26). The number of nitrogens with one attached hydrogen (secondary N) is 2. The third-order valence-corrected chi connectivity index (χ3v) is 5.91. The number of thiazole rings is 1. The smallest absolute Gasteiger partial charge is 0.263 e. The summed E-state index contributed by atoms with van der Waals surface area (Å²) in [6.07, 6.45) is 0.281. The maximum absolute atomic E-state index is 13.7. The molecule has 13 heteroatoms. The summed E-state index contributed by atoms with van der Waals surface area (Å²) in [5.74, 6) is -11.9. The zero-order chi connectivity index (χ0) is 22.1. The number of carbonyl (C=O) groups excluding carboxylic acids is 1. The molecule has 0 atom stereocenters. The molecule has 2 aromatic carbocycles. The molecule has 0 fully saturated rings. The van der Waals surface area contributed by atoms with Crippen molar-refractivity contribution in [1.29, 1.82) is 0 Å². The highest BCUT2D eigenvalue weighted by Crippen LogP contribution is 2.24. The van der Waals surface area contributed by atoms with Crippen LogP contribution in [0.1, 0.15) is 5.56 Å². The highest BCUT2D eigenvalue weighted by atomic mass is 32.2. The number of benzene rings is 2. The predicted octanol–water partition coefficient (Wildman–Crippen LogP) is 3.82. The maximum Gasteiger partial charge on any atom is 0.263 e. The molecule has 0 spiro atoms. The molecule has 1 amide bonds. The van der Waals surface area contributed by atoms with E-state index in [1.54, 1.807) is 5.38 Å². The quantitative estimate of drug-likeness (QED) is 0.331. The molecule has 3 rings (SSSR count). The molecule has 0 aliphatic carbocycles. The van der Waals surface area contributed by atoms with Crippen molar-refractivity contribution in [3.05, 3.63) is 70.5 Å². The van der Waals surface area contributed by atoms with Crippen molar-refractivity contribution in [3.63, 3.8) is 0 Å². The van der Waals surface area contributed by atoms with Gasteiger partial charge < -0.3 is 5.32 Å². The van der Waals surface area contributed by atoms with Crippen LogP contribution in [0.2, 0.25) is 0 Å². The van der Waals surface area contributed by atoms with E-state index in [1.807, 2.05) is 0 Å². The van der Waals surface area contributed by atoms with E-state index in [2.05, 4.69) is 15.0 Å². The minimum atomic E-state index is -3.93. The second-order valence-corrected chi connectivity index (χ2v) is 8.32. The maximum atomic E-state index is 13.7. The van der Waals surface area contributed by atoms with Crippen LogP contribution in [0.25, 0.3) is 0 Å². The van der Waals surface area contributed by atoms with Crippen LogP contribution in [0.15, 0.2) is 40.7 Å². The molecule has 3 aromatic rings. The van der Waals surface area contributed by atoms with Gasteiger partial charge in [-0.2, -0.15) is 0 Å². The van der Waals surface area contributed by atoms with Gasteiger partial charge in [-0.15, -0.1) is 11.3 Å². The Morgan fingerprint density at radius 3 is 2.03 bits per heavy atom. The summed E-state index contributed by atoms with van der Waals surface area (Å²) in [6, 6.07) is 4.66. The van der Waals surface area contributed by atoms with E-state index in [1.165, 1.54) is 18.3 Å². The van der Waals surface area contributed by atoms with E-state index in [0.717, 1.165) is 23.5 Å². The molecule has 0 radical (unpaired) electrons. The second-order valence-electron chi connectivity index (χ2n) is 5.74. The minimum absolute atomic E-state index is 0.0390. The van der Waals surface area contributed by atoms with Crippen molar-refractivity contribution in [2.45, 2.75) is 11.3 Å². The van der Waals surface area contributed by atoms with Crippen LogP contribution in [0.4, 0.5) is 32.8 Å². The minimum Gasteiger partial charge on any atom is -0.326 e. The summed E-state index contributed by atoms with van der Waals surface area (Å²) in [5, 5.41) is 3.90. The number of carbonyl (C=O) groups is 1. The molecule has 0 unspecified atom stereocenters. The average molecular weight is 463 g/mol. The number of sulfonamides is 1. The summed E-state index contributed by atoms with van der Waals surface area (Å²) < 4.78 is 93.5. The third-order valence-electron chi connectivity index (χ3n) is 3.74. The first kappa shape index (κ1) is 21.6. The lowest BCUT2D eigenvalue weighted by Crippen LogP contribution is -2.18. The number of nitrogens with zero attached hydrogens (tertiary/aromatic N) is 1. The Kier molecular flexibility index (Phi) is 6.03. The van der Waals surface area contributed by atoms with Gasteiger partial charge in [0, 0.05) is 22.8 Å². The number of amides is 1. The molecule has 2 N–H and O–H groups in total. The van der Waals surface area contributed by atoms with Crippen LogP contribution in [-0.2, 0) is 21.2 Å². The largest absolute Gasteiger partial charge is 0.326 e. The fraction of sp³-hybridized carbons (Fsp3) is 0.0588. The number of rotatable bonds is 6. The molecule has 0 bridgehead atoms. The Morgan fingerprint density at radius 1 is 0.933 bits per heavy atom. The van der Waals surface area contributed by atoms with Crippen molar-refractivity contribution in [2.75, 3.05) is 10.0 Å². The van der Waals surface area contributed by atoms with Gasteiger partial charge in [0.1, 0.15) is 0 Å². The van der Waals surface area contributed by atoms with Crippen LogP contribution in [-0.4, -0.2) is 19.3 Å². The lowest BCUT2D eigenvalue weighted by atomic mass is 10.1. The normalized spacial score (nSPS) is 11.4. The van der Waals surface area contributed by atoms with E-state index < -0.39 is 57.0 Å². The molecular formula is C17H10F5N3O3S2. The van der Waals surface area contributed by atoms with Crippen molar-refractivity contribution in [1.82, 2.24) is 4.98 Å². The molecule has 1 heterocycles. The Balaban J connectivity index is 1.73. The second kappa shape index (κ2) is 8.36. The molecule has 158 valence electrons. The summed E-state index contributed by atoms with van der Waals surface area (Å²) in [6.45, 7) is 0. The number of aromatic nitrogens is 1. The number of hydrogen-bond acceptors (Lipinski definition) is 5. The van der Waals surface area contributed by atoms with Crippen molar-refractivity contribution < 1.29 is 35.2 Å². The summed E-state index contributed by atoms with van der Waals surface area (Å²) in [7, 11) is -3.93.